The van der Waals surface area contributed by atoms with Gasteiger partial charge in [-0.25, -0.2) is 0 Å². The third kappa shape index (κ3) is 22.0. The first-order valence-corrected chi connectivity index (χ1v) is 29.2. The number of esters is 1. The monoisotopic (exact) mass is 1160 g/mol. The second-order valence-corrected chi connectivity index (χ2v) is 22.6. The van der Waals surface area contributed by atoms with E-state index < -0.39 is 165 Å². The minimum Gasteiger partial charge on any atom is -0.508 e. The van der Waals surface area contributed by atoms with Crippen LogP contribution in [0.5, 0.6) is 5.75 Å². The third-order valence-corrected chi connectivity index (χ3v) is 15.6. The van der Waals surface area contributed by atoms with E-state index >= 15 is 0 Å². The Bertz CT molecular complexity index is 2260. The van der Waals surface area contributed by atoms with E-state index in [4.69, 9.17) is 0 Å². The molecule has 0 bridgehead atoms. The highest BCUT2D eigenvalue weighted by Crippen LogP contribution is 2.25. The summed E-state index contributed by atoms with van der Waals surface area (Å²) in [6.45, 7) is 6.54. The van der Waals surface area contributed by atoms with Gasteiger partial charge in [-0.2, -0.15) is 0 Å². The van der Waals surface area contributed by atoms with Gasteiger partial charge in [-0.05, 0) is 68.6 Å². The molecule has 8 amide bonds. The van der Waals surface area contributed by atoms with Gasteiger partial charge >= 0.3 is 5.97 Å². The number of β-amino-alcohol motifs (C(OH)–C–C–N with tert-alkyl or cyclic N) is 1. The molecule has 3 heterocycles. The average Bonchev–Trinajstić information content (AvgIpc) is 4.23. The molecule has 3 saturated heterocycles. The van der Waals surface area contributed by atoms with Crippen molar-refractivity contribution in [1.82, 2.24) is 41.7 Å². The van der Waals surface area contributed by atoms with E-state index in [1.54, 1.807) is 0 Å². The zero-order chi connectivity index (χ0) is 60.6. The van der Waals surface area contributed by atoms with Gasteiger partial charge in [-0.15, -0.1) is 0 Å². The van der Waals surface area contributed by atoms with Crippen LogP contribution in [0.15, 0.2) is 24.3 Å². The van der Waals surface area contributed by atoms with Crippen LogP contribution in [-0.2, 0) is 54.3 Å². The summed E-state index contributed by atoms with van der Waals surface area (Å²) < 4.78 is 4.64. The van der Waals surface area contributed by atoms with Gasteiger partial charge < -0.3 is 82.2 Å². The number of rotatable bonds is 26. The highest BCUT2D eigenvalue weighted by molar-refractivity contribution is 5.98. The highest BCUT2D eigenvalue weighted by Gasteiger charge is 2.48. The molecule has 13 N–H and O–H groups in total. The molecule has 0 aliphatic carbocycles. The number of phenolic OH excluding ortho intramolecular Hbond substituents is 1. The molecule has 1 aromatic rings. The largest absolute Gasteiger partial charge is 0.508 e. The number of hydrogen-bond acceptors (Lipinski definition) is 17. The molecule has 25 heteroatoms. The summed E-state index contributed by atoms with van der Waals surface area (Å²) in [6.07, 6.45) is -2.27. The van der Waals surface area contributed by atoms with E-state index in [1.165, 1.54) is 44.7 Å². The van der Waals surface area contributed by atoms with Crippen LogP contribution in [0.25, 0.3) is 0 Å². The van der Waals surface area contributed by atoms with Crippen molar-refractivity contribution >= 4 is 53.2 Å². The maximum Gasteiger partial charge on any atom is 0.305 e. The lowest BCUT2D eigenvalue weighted by molar-refractivity contribution is -0.147. The fourth-order valence-corrected chi connectivity index (χ4v) is 10.7. The maximum atomic E-state index is 14.7. The molecule has 82 heavy (non-hydrogen) atoms. The predicted molar refractivity (Wildman–Crippen MR) is 297 cm³/mol. The summed E-state index contributed by atoms with van der Waals surface area (Å²) in [6, 6.07) is -5.51. The zero-order valence-corrected chi connectivity index (χ0v) is 48.3. The number of carbonyl (C=O) groups is 9. The standard InChI is InChI=1S/C57H92N8O17/c1-6-33(2)26-34(3)16-12-9-7-8-10-13-17-45(73)60-40-28-38(68)31-59-55(79)51-42(70)23-25-64(51)57(81)50(44(72)30-46(74)58-24-15-11-14-18-47(75)82-5)63-54(78)49(43(71)27-36-19-21-37(67)22-20-36)62-53(77)41-29-39(69)32-65(41)56(80)48(35(4)66)61-52(40)76/h19-22,33-35,38-44,48-51,66-72H,6-18,23-32H2,1-5H3,(H,58,74)(H,59,79)(H,60,73)(H,61,76)(H,62,77)(H,63,78)/t33?,34?,35-,38-,39-,40+,41+,42+,43-,44-,48+,49+,50+,51+/m1/s1. The topological polar surface area (TPSA) is 383 Å². The van der Waals surface area contributed by atoms with Gasteiger partial charge in [0.15, 0.2) is 0 Å². The number of carbonyl (C=O) groups excluding carboxylic acids is 9. The van der Waals surface area contributed by atoms with E-state index in [0.717, 1.165) is 54.7 Å². The van der Waals surface area contributed by atoms with Crippen LogP contribution in [-0.4, -0.2) is 205 Å². The van der Waals surface area contributed by atoms with Crippen LogP contribution in [0.4, 0.5) is 0 Å². The Balaban J connectivity index is 1.66. The average molecular weight is 1160 g/mol. The molecule has 2 unspecified atom stereocenters. The molecule has 4 rings (SSSR count). The second kappa shape index (κ2) is 34.6. The number of nitrogens with one attached hydrogen (secondary N) is 6. The number of aromatic hydroxyl groups is 1. The molecule has 25 nitrogen and oxygen atoms in total. The second-order valence-electron chi connectivity index (χ2n) is 22.6. The molecule has 0 aromatic heterocycles. The zero-order valence-electron chi connectivity index (χ0n) is 48.3. The van der Waals surface area contributed by atoms with Gasteiger partial charge in [-0.3, -0.25) is 43.2 Å². The summed E-state index contributed by atoms with van der Waals surface area (Å²) in [5, 5.41) is 92.8. The van der Waals surface area contributed by atoms with E-state index in [-0.39, 0.29) is 38.1 Å². The Morgan fingerprint density at radius 2 is 1.32 bits per heavy atom. The third-order valence-electron chi connectivity index (χ3n) is 15.6. The van der Waals surface area contributed by atoms with Gasteiger partial charge in [-0.1, -0.05) is 84.3 Å². The fraction of sp³-hybridized carbons (Fsp3) is 0.737. The summed E-state index contributed by atoms with van der Waals surface area (Å²) in [5.41, 5.74) is 0.339. The number of aliphatic hydroxyl groups is 6. The molecule has 14 atom stereocenters. The molecule has 3 aliphatic rings. The molecule has 0 saturated carbocycles. The normalized spacial score (nSPS) is 26.1. The summed E-state index contributed by atoms with van der Waals surface area (Å²) >= 11 is 0. The number of aliphatic hydroxyl groups excluding tert-OH is 6. The van der Waals surface area contributed by atoms with Crippen LogP contribution in [0, 0.1) is 11.8 Å². The quantitative estimate of drug-likeness (QED) is 0.0399. The van der Waals surface area contributed by atoms with Crippen LogP contribution < -0.4 is 31.9 Å². The number of hydrogen-bond donors (Lipinski definition) is 13. The molecule has 3 fully saturated rings. The SMILES string of the molecule is CCC(C)CC(C)CCCCCCCCC(=O)N[C@H]1C[C@@H](O)CNC(=O)[C@@H]2[C@@H](O)CCN2C(=O)[C@H]([C@H](O)CC(=O)NCCCCCC(=O)OC)NC(=O)[C@H]([C@H](O)Cc2ccc(O)cc2)NC(=O)[C@@H]2C[C@@H](O)CN2C(=O)[C@H]([C@@H](C)O)NC1=O. The summed E-state index contributed by atoms with van der Waals surface area (Å²) in [5.74, 6) is -7.33. The number of amides is 8. The molecule has 1 aromatic carbocycles. The van der Waals surface area contributed by atoms with Crippen molar-refractivity contribution in [3.63, 3.8) is 0 Å². The predicted octanol–water partition coefficient (Wildman–Crippen LogP) is -0.786. The number of methoxy groups -OCH3 is 1. The van der Waals surface area contributed by atoms with E-state index in [0.29, 0.717) is 43.1 Å². The van der Waals surface area contributed by atoms with E-state index in [1.807, 2.05) is 0 Å². The van der Waals surface area contributed by atoms with Crippen molar-refractivity contribution in [3.05, 3.63) is 29.8 Å². The smallest absolute Gasteiger partial charge is 0.305 e. The Morgan fingerprint density at radius 1 is 0.695 bits per heavy atom. The first-order valence-electron chi connectivity index (χ1n) is 29.2. The van der Waals surface area contributed by atoms with Crippen molar-refractivity contribution in [3.8, 4) is 5.75 Å². The van der Waals surface area contributed by atoms with Crippen LogP contribution in [0.2, 0.25) is 0 Å². The number of unbranched alkanes of at least 4 members (excludes halogenated alkanes) is 7. The summed E-state index contributed by atoms with van der Waals surface area (Å²) in [7, 11) is 1.26. The van der Waals surface area contributed by atoms with Gasteiger partial charge in [0.2, 0.25) is 47.3 Å². The van der Waals surface area contributed by atoms with Gasteiger partial charge in [0, 0.05) is 58.3 Å². The lowest BCUT2D eigenvalue weighted by Gasteiger charge is -2.34. The van der Waals surface area contributed by atoms with Crippen molar-refractivity contribution in [2.24, 2.45) is 11.8 Å². The maximum absolute atomic E-state index is 14.7. The van der Waals surface area contributed by atoms with Crippen molar-refractivity contribution in [1.29, 1.82) is 0 Å². The first kappa shape index (κ1) is 68.5. The minimum absolute atomic E-state index is 0.00465. The highest BCUT2D eigenvalue weighted by atomic mass is 16.5. The van der Waals surface area contributed by atoms with Crippen LogP contribution in [0.3, 0.4) is 0 Å². The molecule has 0 radical (unpaired) electrons. The Morgan fingerprint density at radius 3 is 1.99 bits per heavy atom. The van der Waals surface area contributed by atoms with Crippen molar-refractivity contribution in [2.75, 3.05) is 33.3 Å². The number of fused-ring (bicyclic) bond motifs is 2. The minimum atomic E-state index is -2.11. The number of ether oxygens (including phenoxy) is 1. The number of nitrogens with zero attached hydrogens (tertiary/aromatic N) is 2. The van der Waals surface area contributed by atoms with Gasteiger partial charge in [0.05, 0.1) is 50.2 Å². The van der Waals surface area contributed by atoms with Crippen molar-refractivity contribution < 1.29 is 83.6 Å². The molecule has 462 valence electrons. The lowest BCUT2D eigenvalue weighted by Crippen LogP contribution is -2.64. The fourth-order valence-electron chi connectivity index (χ4n) is 10.7. The number of benzene rings is 1. The van der Waals surface area contributed by atoms with E-state index in [9.17, 15) is 78.9 Å². The molecular formula is C57H92N8O17. The lowest BCUT2D eigenvalue weighted by atomic mass is 9.91. The van der Waals surface area contributed by atoms with E-state index in [2.05, 4.69) is 57.4 Å². The molecular weight excluding hydrogens is 1070 g/mol. The van der Waals surface area contributed by atoms with Crippen molar-refractivity contribution in [2.45, 2.75) is 223 Å². The Kier molecular flexibility index (Phi) is 28.9. The number of phenols is 1. The first-order chi connectivity index (χ1) is 38.9. The Hall–Kier alpha value is -5.99. The Labute approximate surface area is 480 Å². The van der Waals surface area contributed by atoms with Gasteiger partial charge in [0.25, 0.3) is 0 Å². The molecule has 0 spiro atoms. The molecule has 3 aliphatic heterocycles. The van der Waals surface area contributed by atoms with Gasteiger partial charge in [0.1, 0.15) is 42.0 Å². The van der Waals surface area contributed by atoms with Crippen LogP contribution in [0.1, 0.15) is 149 Å². The summed E-state index contributed by atoms with van der Waals surface area (Å²) in [4.78, 5) is 127. The van der Waals surface area contributed by atoms with Crippen LogP contribution >= 0.6 is 0 Å².